The van der Waals surface area contributed by atoms with E-state index in [0.717, 1.165) is 42.6 Å². The molecule has 2 heterocycles. The highest BCUT2D eigenvalue weighted by atomic mass is 32.1. The Hall–Kier alpha value is -3.27. The molecule has 0 bridgehead atoms. The van der Waals surface area contributed by atoms with Crippen LogP contribution in [-0.2, 0) is 16.0 Å². The van der Waals surface area contributed by atoms with Crippen LogP contribution in [0.25, 0.3) is 0 Å². The van der Waals surface area contributed by atoms with E-state index in [1.807, 2.05) is 30.3 Å². The molecule has 3 atom stereocenters. The molecule has 2 aromatic rings. The van der Waals surface area contributed by atoms with Gasteiger partial charge < -0.3 is 15.5 Å². The highest BCUT2D eigenvalue weighted by Crippen LogP contribution is 2.27. The van der Waals surface area contributed by atoms with E-state index in [1.165, 1.54) is 6.92 Å². The summed E-state index contributed by atoms with van der Waals surface area (Å²) in [6.45, 7) is 3.67. The van der Waals surface area contributed by atoms with Crippen molar-refractivity contribution in [3.8, 4) is 0 Å². The molecule has 9 nitrogen and oxygen atoms in total. The predicted molar refractivity (Wildman–Crippen MR) is 133 cm³/mol. The molecule has 1 aliphatic carbocycles. The van der Waals surface area contributed by atoms with E-state index in [2.05, 4.69) is 20.9 Å². The normalized spacial score (nSPS) is 22.5. The number of aromatic nitrogens is 1. The summed E-state index contributed by atoms with van der Waals surface area (Å²) in [5.41, 5.74) is 1.59. The minimum absolute atomic E-state index is 0.0335. The molecular weight excluding hydrogens is 466 g/mol. The van der Waals surface area contributed by atoms with Crippen molar-refractivity contribution < 1.29 is 19.2 Å². The largest absolute Gasteiger partial charge is 0.342 e. The van der Waals surface area contributed by atoms with Gasteiger partial charge in [0.05, 0.1) is 17.1 Å². The molecule has 2 fully saturated rings. The number of hydrogen-bond donors (Lipinski definition) is 3. The van der Waals surface area contributed by atoms with Gasteiger partial charge in [0.15, 0.2) is 10.9 Å². The fourth-order valence-corrected chi connectivity index (χ4v) is 5.75. The SMILES string of the molecule is CC(=O)c1sc(NC(=O)N[C@@H]2CCCC[C@H]2CN2CC(=O)N[C@@H](Cc3ccccc3)C2=O)nc1C. The van der Waals surface area contributed by atoms with Crippen molar-refractivity contribution in [2.45, 2.75) is 58.0 Å². The van der Waals surface area contributed by atoms with Crippen molar-refractivity contribution >= 4 is 40.1 Å². The first-order valence-corrected chi connectivity index (χ1v) is 12.8. The van der Waals surface area contributed by atoms with Gasteiger partial charge in [-0.2, -0.15) is 0 Å². The number of rotatable bonds is 7. The number of carbonyl (C=O) groups is 4. The number of Topliss-reactive ketones (excluding diaryl/α,β-unsaturated/α-hetero) is 1. The second kappa shape index (κ2) is 11.0. The topological polar surface area (TPSA) is 121 Å². The van der Waals surface area contributed by atoms with E-state index >= 15 is 0 Å². The molecule has 0 radical (unpaired) electrons. The number of thiazole rings is 1. The number of anilines is 1. The summed E-state index contributed by atoms with van der Waals surface area (Å²) < 4.78 is 0. The second-order valence-electron chi connectivity index (χ2n) is 9.27. The Morgan fingerprint density at radius 1 is 1.17 bits per heavy atom. The molecule has 35 heavy (non-hydrogen) atoms. The maximum absolute atomic E-state index is 13.2. The van der Waals surface area contributed by atoms with Crippen LogP contribution in [0.4, 0.5) is 9.93 Å². The molecule has 0 spiro atoms. The van der Waals surface area contributed by atoms with E-state index in [0.29, 0.717) is 28.7 Å². The summed E-state index contributed by atoms with van der Waals surface area (Å²) >= 11 is 1.16. The van der Waals surface area contributed by atoms with Crippen LogP contribution in [0.3, 0.4) is 0 Å². The minimum Gasteiger partial charge on any atom is -0.342 e. The van der Waals surface area contributed by atoms with Gasteiger partial charge in [-0.3, -0.25) is 19.7 Å². The number of urea groups is 1. The summed E-state index contributed by atoms with van der Waals surface area (Å²) in [4.78, 5) is 56.4. The maximum Gasteiger partial charge on any atom is 0.321 e. The van der Waals surface area contributed by atoms with E-state index in [4.69, 9.17) is 0 Å². The lowest BCUT2D eigenvalue weighted by molar-refractivity contribution is -0.145. The molecule has 10 heteroatoms. The highest BCUT2D eigenvalue weighted by Gasteiger charge is 2.36. The predicted octanol–water partition coefficient (Wildman–Crippen LogP) is 2.90. The molecular formula is C25H31N5O4S. The monoisotopic (exact) mass is 497 g/mol. The van der Waals surface area contributed by atoms with Crippen LogP contribution in [0, 0.1) is 12.8 Å². The average Bonchev–Trinajstić information content (AvgIpc) is 3.19. The van der Waals surface area contributed by atoms with Crippen LogP contribution in [0.5, 0.6) is 0 Å². The minimum atomic E-state index is -0.583. The standard InChI is InChI=1S/C25H31N5O4S/c1-15-22(16(2)31)35-25(26-15)29-24(34)28-19-11-7-6-10-18(19)13-30-14-21(32)27-20(23(30)33)12-17-8-4-3-5-9-17/h3-5,8-9,18-20H,6-7,10-14H2,1-2H3,(H,27,32)(H2,26,28,29,34)/t18-,19+,20-/m0/s1. The van der Waals surface area contributed by atoms with Gasteiger partial charge in [-0.1, -0.05) is 54.5 Å². The number of ketones is 1. The van der Waals surface area contributed by atoms with Gasteiger partial charge in [0.2, 0.25) is 11.8 Å². The van der Waals surface area contributed by atoms with Crippen LogP contribution in [0.15, 0.2) is 30.3 Å². The lowest BCUT2D eigenvalue weighted by Crippen LogP contribution is -2.60. The fourth-order valence-electron chi connectivity index (χ4n) is 4.89. The van der Waals surface area contributed by atoms with Gasteiger partial charge >= 0.3 is 6.03 Å². The summed E-state index contributed by atoms with van der Waals surface area (Å²) in [7, 11) is 0. The number of nitrogens with one attached hydrogen (secondary N) is 3. The molecule has 1 aromatic carbocycles. The molecule has 0 unspecified atom stereocenters. The van der Waals surface area contributed by atoms with E-state index in [9.17, 15) is 19.2 Å². The Labute approximate surface area is 208 Å². The third-order valence-corrected chi connectivity index (χ3v) is 7.75. The van der Waals surface area contributed by atoms with Crippen molar-refractivity contribution in [2.75, 3.05) is 18.4 Å². The van der Waals surface area contributed by atoms with Crippen LogP contribution >= 0.6 is 11.3 Å². The number of nitrogens with zero attached hydrogens (tertiary/aromatic N) is 2. The van der Waals surface area contributed by atoms with Crippen molar-refractivity contribution in [3.05, 3.63) is 46.5 Å². The molecule has 186 valence electrons. The summed E-state index contributed by atoms with van der Waals surface area (Å²) in [6.07, 6.45) is 4.11. The van der Waals surface area contributed by atoms with E-state index in [1.54, 1.807) is 11.8 Å². The molecule has 4 rings (SSSR count). The zero-order valence-electron chi connectivity index (χ0n) is 20.0. The quantitative estimate of drug-likeness (QED) is 0.508. The Bertz CT molecular complexity index is 1100. The molecule has 3 N–H and O–H groups in total. The molecule has 2 aliphatic rings. The fraction of sp³-hybridized carbons (Fsp3) is 0.480. The lowest BCUT2D eigenvalue weighted by Gasteiger charge is -2.39. The zero-order valence-corrected chi connectivity index (χ0v) is 20.8. The van der Waals surface area contributed by atoms with Gasteiger partial charge in [-0.15, -0.1) is 0 Å². The van der Waals surface area contributed by atoms with Crippen LogP contribution in [0.1, 0.15) is 53.5 Å². The first-order chi connectivity index (χ1) is 16.8. The van der Waals surface area contributed by atoms with Gasteiger partial charge in [0.25, 0.3) is 0 Å². The van der Waals surface area contributed by atoms with Crippen molar-refractivity contribution in [2.24, 2.45) is 5.92 Å². The van der Waals surface area contributed by atoms with Crippen molar-refractivity contribution in [1.82, 2.24) is 20.5 Å². The molecule has 1 saturated heterocycles. The number of amides is 4. The zero-order chi connectivity index (χ0) is 24.9. The highest BCUT2D eigenvalue weighted by molar-refractivity contribution is 7.17. The maximum atomic E-state index is 13.2. The van der Waals surface area contributed by atoms with E-state index < -0.39 is 6.04 Å². The van der Waals surface area contributed by atoms with Gasteiger partial charge in [0.1, 0.15) is 6.04 Å². The average molecular weight is 498 g/mol. The van der Waals surface area contributed by atoms with Crippen LogP contribution < -0.4 is 16.0 Å². The van der Waals surface area contributed by atoms with Crippen LogP contribution in [-0.4, -0.2) is 58.7 Å². The molecule has 1 aromatic heterocycles. The first kappa shape index (κ1) is 24.8. The van der Waals surface area contributed by atoms with Gasteiger partial charge in [-0.25, -0.2) is 9.78 Å². The van der Waals surface area contributed by atoms with Gasteiger partial charge in [-0.05, 0) is 31.2 Å². The smallest absolute Gasteiger partial charge is 0.321 e. The summed E-state index contributed by atoms with van der Waals surface area (Å²) in [6, 6.07) is 8.56. The van der Waals surface area contributed by atoms with Gasteiger partial charge in [0, 0.05) is 25.9 Å². The molecule has 1 aliphatic heterocycles. The Kier molecular flexibility index (Phi) is 7.80. The third-order valence-electron chi connectivity index (χ3n) is 6.58. The Morgan fingerprint density at radius 3 is 2.63 bits per heavy atom. The lowest BCUT2D eigenvalue weighted by atomic mass is 9.84. The second-order valence-corrected chi connectivity index (χ2v) is 10.3. The number of aryl methyl sites for hydroxylation is 1. The first-order valence-electron chi connectivity index (χ1n) is 12.0. The Balaban J connectivity index is 1.38. The third kappa shape index (κ3) is 6.25. The number of carbonyl (C=O) groups excluding carboxylic acids is 4. The van der Waals surface area contributed by atoms with Crippen molar-refractivity contribution in [1.29, 1.82) is 0 Å². The number of benzene rings is 1. The van der Waals surface area contributed by atoms with Crippen molar-refractivity contribution in [3.63, 3.8) is 0 Å². The number of hydrogen-bond acceptors (Lipinski definition) is 6. The van der Waals surface area contributed by atoms with Crippen LogP contribution in [0.2, 0.25) is 0 Å². The molecule has 1 saturated carbocycles. The number of piperazine rings is 1. The summed E-state index contributed by atoms with van der Waals surface area (Å²) in [5, 5.41) is 8.98. The molecule has 4 amide bonds. The summed E-state index contributed by atoms with van der Waals surface area (Å²) in [5.74, 6) is -0.282. The van der Waals surface area contributed by atoms with E-state index in [-0.39, 0.29) is 42.1 Å². The Morgan fingerprint density at radius 2 is 1.91 bits per heavy atom.